The van der Waals surface area contributed by atoms with Gasteiger partial charge in [-0.25, -0.2) is 15.5 Å². The number of halogens is 2. The fraction of sp³-hybridized carbons (Fsp3) is 0.286. The van der Waals surface area contributed by atoms with Crippen LogP contribution in [0.3, 0.4) is 0 Å². The van der Waals surface area contributed by atoms with E-state index in [4.69, 9.17) is 56.8 Å². The molecule has 0 unspecified atom stereocenters. The Labute approximate surface area is 352 Å². The number of carbonyl (C=O) groups excluding carboxylic acids is 3. The smallest absolute Gasteiger partial charge is 0.309 e. The molecule has 0 saturated heterocycles. The molecule has 0 radical (unpaired) electrons. The lowest BCUT2D eigenvalue weighted by molar-refractivity contribution is -0.145. The molecule has 4 atom stereocenters. The quantitative estimate of drug-likeness (QED) is 0.0364. The first-order chi connectivity index (χ1) is 27.9. The Morgan fingerprint density at radius 2 is 1.14 bits per heavy atom. The predicted octanol–water partition coefficient (Wildman–Crippen LogP) is 6.33. The summed E-state index contributed by atoms with van der Waals surface area (Å²) < 4.78 is 10.0. The van der Waals surface area contributed by atoms with E-state index in [0.717, 1.165) is 11.1 Å². The van der Waals surface area contributed by atoms with Gasteiger partial charge in [-0.3, -0.25) is 35.5 Å². The Kier molecular flexibility index (Phi) is 19.8. The maximum atomic E-state index is 12.6. The minimum absolute atomic E-state index is 0.191. The second kappa shape index (κ2) is 23.9. The van der Waals surface area contributed by atoms with E-state index in [1.165, 1.54) is 27.0 Å². The van der Waals surface area contributed by atoms with E-state index in [2.05, 4.69) is 20.5 Å². The predicted molar refractivity (Wildman–Crippen MR) is 224 cm³/mol. The molecule has 4 rings (SSSR count). The molecule has 59 heavy (non-hydrogen) atoms. The van der Waals surface area contributed by atoms with Gasteiger partial charge in [-0.05, 0) is 99.2 Å². The van der Waals surface area contributed by atoms with Crippen LogP contribution in [0.2, 0.25) is 10.0 Å². The van der Waals surface area contributed by atoms with Crippen LogP contribution in [0.25, 0.3) is 9.69 Å². The summed E-state index contributed by atoms with van der Waals surface area (Å²) in [7, 11) is 3.03. The highest BCUT2D eigenvalue weighted by atomic mass is 35.5. The molecular formula is C42H46Cl2N6O9. The van der Waals surface area contributed by atoms with Crippen molar-refractivity contribution in [3.05, 3.63) is 139 Å². The Morgan fingerprint density at radius 3 is 1.51 bits per heavy atom. The summed E-state index contributed by atoms with van der Waals surface area (Å²) in [5.41, 5.74) is 11.1. The number of carbonyl (C=O) groups is 4. The molecule has 15 nitrogen and oxygen atoms in total. The van der Waals surface area contributed by atoms with E-state index in [9.17, 15) is 29.4 Å². The van der Waals surface area contributed by atoms with Crippen molar-refractivity contribution in [2.24, 2.45) is 17.7 Å². The van der Waals surface area contributed by atoms with Gasteiger partial charge in [0.1, 0.15) is 11.5 Å². The van der Waals surface area contributed by atoms with Crippen molar-refractivity contribution in [1.82, 2.24) is 16.3 Å². The average Bonchev–Trinajstić information content (AvgIpc) is 3.23. The lowest BCUT2D eigenvalue weighted by Crippen LogP contribution is -2.47. The highest BCUT2D eigenvalue weighted by molar-refractivity contribution is 6.34. The molecule has 4 aromatic carbocycles. The van der Waals surface area contributed by atoms with Crippen molar-refractivity contribution in [2.75, 3.05) is 14.2 Å². The van der Waals surface area contributed by atoms with Gasteiger partial charge in [-0.1, -0.05) is 59.6 Å². The maximum absolute atomic E-state index is 12.6. The SMILES string of the molecule is COc1cccc(C(=O)NN)c1.[C-]#[N+]c1ccc(C[C@@H](C(=O)NNC(=O)c2cccc(OC)c2)[C@H](C)O)c(C)c1Cl.[C-]#[N+]c1ccc(C[C@@H](C(=O)O)[C@H](C)O)c(C)c1Cl. The molecule has 3 amide bonds. The third-order valence-electron chi connectivity index (χ3n) is 8.99. The summed E-state index contributed by atoms with van der Waals surface area (Å²) in [6, 6.07) is 19.8. The number of ether oxygens (including phenoxy) is 2. The Hall–Kier alpha value is -6.20. The lowest BCUT2D eigenvalue weighted by Gasteiger charge is -2.21. The maximum Gasteiger partial charge on any atom is 0.309 e. The van der Waals surface area contributed by atoms with Gasteiger partial charge in [0.05, 0.1) is 61.5 Å². The molecule has 0 aliphatic carbocycles. The third kappa shape index (κ3) is 14.3. The fourth-order valence-corrected chi connectivity index (χ4v) is 5.81. The number of methoxy groups -OCH3 is 2. The van der Waals surface area contributed by atoms with E-state index in [1.54, 1.807) is 87.7 Å². The highest BCUT2D eigenvalue weighted by Crippen LogP contribution is 2.33. The van der Waals surface area contributed by atoms with Crippen molar-refractivity contribution in [1.29, 1.82) is 0 Å². The number of hydrogen-bond acceptors (Lipinski definition) is 9. The first kappa shape index (κ1) is 48.9. The molecule has 0 spiro atoms. The second-order valence-electron chi connectivity index (χ2n) is 12.9. The third-order valence-corrected chi connectivity index (χ3v) is 9.94. The lowest BCUT2D eigenvalue weighted by atomic mass is 9.91. The minimum atomic E-state index is -1.05. The number of carboxylic acid groups (broad SMARTS) is 1. The Morgan fingerprint density at radius 1 is 0.712 bits per heavy atom. The molecule has 0 saturated carbocycles. The molecule has 0 aliphatic rings. The summed E-state index contributed by atoms with van der Waals surface area (Å²) in [5, 5.41) is 29.2. The zero-order valence-corrected chi connectivity index (χ0v) is 34.7. The summed E-state index contributed by atoms with van der Waals surface area (Å²) in [6.07, 6.45) is -1.53. The average molecular weight is 850 g/mol. The number of nitrogens with two attached hydrogens (primary N) is 1. The highest BCUT2D eigenvalue weighted by Gasteiger charge is 2.27. The molecule has 312 valence electrons. The van der Waals surface area contributed by atoms with Crippen molar-refractivity contribution in [3.8, 4) is 11.5 Å². The molecule has 0 aliphatic heterocycles. The van der Waals surface area contributed by atoms with Gasteiger partial charge in [0.15, 0.2) is 0 Å². The van der Waals surface area contributed by atoms with Crippen molar-refractivity contribution >= 4 is 58.3 Å². The van der Waals surface area contributed by atoms with Gasteiger partial charge in [0, 0.05) is 11.1 Å². The number of carboxylic acids is 1. The van der Waals surface area contributed by atoms with E-state index in [-0.39, 0.29) is 18.7 Å². The van der Waals surface area contributed by atoms with E-state index >= 15 is 0 Å². The number of benzene rings is 4. The van der Waals surface area contributed by atoms with Gasteiger partial charge in [-0.15, -0.1) is 0 Å². The second-order valence-corrected chi connectivity index (χ2v) is 13.7. The van der Waals surface area contributed by atoms with Crippen molar-refractivity contribution in [2.45, 2.75) is 52.7 Å². The number of hydrogen-bond donors (Lipinski definition) is 7. The van der Waals surface area contributed by atoms with E-state index in [0.29, 0.717) is 55.2 Å². The Balaban J connectivity index is 0.000000339. The number of rotatable bonds is 12. The molecule has 0 heterocycles. The first-order valence-corrected chi connectivity index (χ1v) is 18.5. The normalized spacial score (nSPS) is 12.2. The molecule has 0 fully saturated rings. The van der Waals surface area contributed by atoms with Crippen LogP contribution in [-0.4, -0.2) is 65.4 Å². The summed E-state index contributed by atoms with van der Waals surface area (Å²) >= 11 is 12.2. The number of aliphatic hydroxyl groups excluding tert-OH is 2. The number of amides is 3. The topological polar surface area (TPSA) is 218 Å². The number of nitrogens with one attached hydrogen (secondary N) is 3. The molecule has 17 heteroatoms. The number of nitrogens with zero attached hydrogens (tertiary/aromatic N) is 2. The summed E-state index contributed by atoms with van der Waals surface area (Å²) in [4.78, 5) is 53.5. The first-order valence-electron chi connectivity index (χ1n) is 17.7. The fourth-order valence-electron chi connectivity index (χ4n) is 5.35. The van der Waals surface area contributed by atoms with Crippen LogP contribution < -0.4 is 31.6 Å². The van der Waals surface area contributed by atoms with Crippen LogP contribution in [0, 0.1) is 38.8 Å². The number of aliphatic carboxylic acids is 1. The van der Waals surface area contributed by atoms with Gasteiger partial charge >= 0.3 is 5.97 Å². The van der Waals surface area contributed by atoms with Crippen LogP contribution >= 0.6 is 23.2 Å². The zero-order chi connectivity index (χ0) is 44.4. The largest absolute Gasteiger partial charge is 0.497 e. The van der Waals surface area contributed by atoms with Crippen LogP contribution in [0.1, 0.15) is 56.8 Å². The van der Waals surface area contributed by atoms with Gasteiger partial charge in [0.25, 0.3) is 11.8 Å². The van der Waals surface area contributed by atoms with Crippen LogP contribution in [0.4, 0.5) is 11.4 Å². The summed E-state index contributed by atoms with van der Waals surface area (Å²) in [5.74, 6) is 1.98. The van der Waals surface area contributed by atoms with Crippen LogP contribution in [0.15, 0.2) is 72.8 Å². The molecular weight excluding hydrogens is 803 g/mol. The van der Waals surface area contributed by atoms with Gasteiger partial charge in [0.2, 0.25) is 17.3 Å². The Bertz CT molecular complexity index is 2200. The molecule has 0 aromatic heterocycles. The van der Waals surface area contributed by atoms with E-state index in [1.807, 2.05) is 5.43 Å². The summed E-state index contributed by atoms with van der Waals surface area (Å²) in [6.45, 7) is 20.5. The minimum Gasteiger partial charge on any atom is -0.497 e. The zero-order valence-electron chi connectivity index (χ0n) is 33.2. The number of hydrazine groups is 2. The molecule has 0 bridgehead atoms. The standard InChI is InChI=1S/C21H22ClN3O4.C13H14ClNO3.C8H10N2O2/c1-12-14(8-9-18(23-3)19(12)22)11-17(13(2)26)21(28)25-24-20(27)15-6-5-7-16(10-15)29-4;1-7-9(4-5-11(15-3)12(7)14)6-10(8(2)16)13(17)18;1-12-7-4-2-3-6(5-7)8(11)10-9/h5-10,13,17,26H,11H2,1-2,4H3,(H,24,27)(H,25,28);4-5,8,10,16H,6H2,1-2H3,(H,17,18);2-5H,9H2,1H3,(H,10,11)/t13-,17+;8-,10+;/m00./s1. The van der Waals surface area contributed by atoms with Crippen LogP contribution in [-0.2, 0) is 22.4 Å². The monoisotopic (exact) mass is 848 g/mol. The molecule has 4 aromatic rings. The van der Waals surface area contributed by atoms with Crippen LogP contribution in [0.5, 0.6) is 11.5 Å². The number of aliphatic hydroxyl groups is 2. The van der Waals surface area contributed by atoms with Crippen molar-refractivity contribution in [3.63, 3.8) is 0 Å². The molecule has 8 N–H and O–H groups in total. The van der Waals surface area contributed by atoms with E-state index < -0.39 is 41.8 Å². The van der Waals surface area contributed by atoms with Gasteiger partial charge in [-0.2, -0.15) is 0 Å². The number of nitrogen functional groups attached to an aromatic ring is 1. The van der Waals surface area contributed by atoms with Crippen molar-refractivity contribution < 1.29 is 44.0 Å². The van der Waals surface area contributed by atoms with Gasteiger partial charge < -0.3 is 24.8 Å².